The average molecular weight is 348 g/mol. The van der Waals surface area contributed by atoms with E-state index in [9.17, 15) is 8.96 Å². The summed E-state index contributed by atoms with van der Waals surface area (Å²) in [5.41, 5.74) is 6.54. The zero-order chi connectivity index (χ0) is 17.2. The van der Waals surface area contributed by atoms with E-state index < -0.39 is 26.7 Å². The third kappa shape index (κ3) is 4.35. The number of rotatable bonds is 7. The Morgan fingerprint density at radius 3 is 2.74 bits per heavy atom. The molecule has 0 unspecified atom stereocenters. The Labute approximate surface area is 131 Å². The third-order valence-electron chi connectivity index (χ3n) is 2.94. The molecule has 23 heavy (non-hydrogen) atoms. The highest BCUT2D eigenvalue weighted by atomic mass is 31.2. The summed E-state index contributed by atoms with van der Waals surface area (Å²) in [5, 5.41) is 0. The van der Waals surface area contributed by atoms with Gasteiger partial charge >= 0.3 is 7.60 Å². The van der Waals surface area contributed by atoms with Crippen molar-refractivity contribution < 1.29 is 23.5 Å². The van der Waals surface area contributed by atoms with Crippen LogP contribution in [0.3, 0.4) is 0 Å². The molecule has 0 spiro atoms. The first kappa shape index (κ1) is 17.5. The molecule has 0 amide bonds. The van der Waals surface area contributed by atoms with Gasteiger partial charge in [-0.15, -0.1) is 0 Å². The topological polar surface area (TPSA) is 140 Å². The lowest BCUT2D eigenvalue weighted by Crippen LogP contribution is -2.23. The van der Waals surface area contributed by atoms with E-state index >= 15 is 0 Å². The molecule has 1 atom stereocenters. The molecule has 2 aromatic heterocycles. The van der Waals surface area contributed by atoms with Gasteiger partial charge in [-0.1, -0.05) is 0 Å². The van der Waals surface area contributed by atoms with E-state index in [1.165, 1.54) is 10.9 Å². The molecule has 0 aliphatic rings. The minimum absolute atomic E-state index is 0.0175. The number of imidazole rings is 1. The molecule has 10 nitrogen and oxygen atoms in total. The Bertz CT molecular complexity index is 733. The molecule has 0 aliphatic heterocycles. The van der Waals surface area contributed by atoms with Crippen LogP contribution in [-0.2, 0) is 15.8 Å². The molecule has 2 aromatic rings. The lowest BCUT2D eigenvalue weighted by molar-refractivity contribution is 0.0445. The summed E-state index contributed by atoms with van der Waals surface area (Å²) < 4.78 is 30.3. The van der Waals surface area contributed by atoms with Gasteiger partial charge < -0.3 is 29.7 Å². The van der Waals surface area contributed by atoms with Crippen molar-refractivity contribution in [2.24, 2.45) is 0 Å². The lowest BCUT2D eigenvalue weighted by atomic mass is 10.4. The van der Waals surface area contributed by atoms with Gasteiger partial charge in [-0.05, 0) is 0 Å². The molecule has 0 radical (unpaired) electrons. The van der Waals surface area contributed by atoms with Crippen LogP contribution in [0.4, 0.5) is 16.2 Å². The second-order valence-electron chi connectivity index (χ2n) is 5.11. The van der Waals surface area contributed by atoms with Crippen LogP contribution in [0, 0.1) is 0 Å². The normalized spacial score (nSPS) is 13.4. The van der Waals surface area contributed by atoms with Crippen molar-refractivity contribution in [1.29, 1.82) is 0 Å². The first-order chi connectivity index (χ1) is 10.7. The van der Waals surface area contributed by atoms with Gasteiger partial charge in [0, 0.05) is 14.1 Å². The van der Waals surface area contributed by atoms with E-state index in [0.717, 1.165) is 0 Å². The highest BCUT2D eigenvalue weighted by molar-refractivity contribution is 7.51. The minimum atomic E-state index is -4.37. The van der Waals surface area contributed by atoms with E-state index in [-0.39, 0.29) is 12.5 Å². The second kappa shape index (κ2) is 6.75. The zero-order valence-electron chi connectivity index (χ0n) is 12.6. The van der Waals surface area contributed by atoms with Gasteiger partial charge in [0.05, 0.1) is 12.9 Å². The molecule has 0 aliphatic carbocycles. The highest BCUT2D eigenvalue weighted by Gasteiger charge is 2.20. The fourth-order valence-electron chi connectivity index (χ4n) is 1.96. The predicted molar refractivity (Wildman–Crippen MR) is 81.8 cm³/mol. The van der Waals surface area contributed by atoms with E-state index in [0.29, 0.717) is 17.0 Å². The quantitative estimate of drug-likeness (QED) is 0.588. The largest absolute Gasteiger partial charge is 0.368 e. The molecule has 12 heteroatoms. The molecule has 0 aromatic carbocycles. The number of nitrogens with two attached hydrogens (primary N) is 1. The monoisotopic (exact) mass is 348 g/mol. The van der Waals surface area contributed by atoms with Crippen molar-refractivity contribution in [3.05, 3.63) is 6.33 Å². The molecule has 0 saturated heterocycles. The van der Waals surface area contributed by atoms with Gasteiger partial charge in [0.15, 0.2) is 17.0 Å². The number of hydrogen-bond donors (Lipinski definition) is 3. The summed E-state index contributed by atoms with van der Waals surface area (Å²) in [7, 11) is -0.823. The highest BCUT2D eigenvalue weighted by Crippen LogP contribution is 2.34. The molecule has 4 N–H and O–H groups in total. The Morgan fingerprint density at radius 2 is 2.17 bits per heavy atom. The molecule has 128 valence electrons. The molecule has 2 rings (SSSR count). The summed E-state index contributed by atoms with van der Waals surface area (Å²) in [6.07, 6.45) is -0.470. The molecule has 0 saturated carbocycles. The second-order valence-corrected chi connectivity index (χ2v) is 6.69. The molecule has 0 fully saturated rings. The number of nitrogens with zero attached hydrogens (tertiary/aromatic N) is 5. The van der Waals surface area contributed by atoms with E-state index in [1.54, 1.807) is 19.0 Å². The van der Waals surface area contributed by atoms with Crippen molar-refractivity contribution in [1.82, 2.24) is 19.5 Å². The fourth-order valence-corrected chi connectivity index (χ4v) is 2.36. The first-order valence-electron chi connectivity index (χ1n) is 6.59. The maximum Gasteiger partial charge on any atom is 0.350 e. The number of anilines is 2. The standard InChI is InChI=1S/C11H18FN6O4P/c1-17(2)9-8-10(16-11(13)15-9)18(5-14-8)4-7(3-12)22-6-23(19,20)21/h5,7H,3-4,6H2,1-2H3,(H2,13,15,16)(H2,19,20,21)/t7-/m1/s1. The van der Waals surface area contributed by atoms with E-state index in [2.05, 4.69) is 15.0 Å². The van der Waals surface area contributed by atoms with Crippen molar-refractivity contribution in [2.75, 3.05) is 37.8 Å². The number of halogens is 1. The lowest BCUT2D eigenvalue weighted by Gasteiger charge is -2.16. The summed E-state index contributed by atoms with van der Waals surface area (Å²) in [4.78, 5) is 31.7. The van der Waals surface area contributed by atoms with Crippen LogP contribution in [0.25, 0.3) is 11.2 Å². The van der Waals surface area contributed by atoms with Gasteiger partial charge in [0.2, 0.25) is 5.95 Å². The smallest absolute Gasteiger partial charge is 0.350 e. The summed E-state index contributed by atoms with van der Waals surface area (Å²) in [6, 6.07) is 0. The van der Waals surface area contributed by atoms with Crippen LogP contribution < -0.4 is 10.6 Å². The van der Waals surface area contributed by atoms with Crippen molar-refractivity contribution in [3.8, 4) is 0 Å². The predicted octanol–water partition coefficient (Wildman–Crippen LogP) is -0.0356. The maximum absolute atomic E-state index is 13.0. The molecule has 2 heterocycles. The summed E-state index contributed by atoms with van der Waals surface area (Å²) >= 11 is 0. The summed E-state index contributed by atoms with van der Waals surface area (Å²) in [5.74, 6) is 0.551. The van der Waals surface area contributed by atoms with Crippen LogP contribution in [0.5, 0.6) is 0 Å². The van der Waals surface area contributed by atoms with Crippen molar-refractivity contribution in [3.63, 3.8) is 0 Å². The SMILES string of the molecule is CN(C)c1nc(N)nc2c1ncn2C[C@@H](CF)OCP(=O)(O)O. The summed E-state index contributed by atoms with van der Waals surface area (Å²) in [6.45, 7) is -0.933. The average Bonchev–Trinajstić information content (AvgIpc) is 2.84. The zero-order valence-corrected chi connectivity index (χ0v) is 13.5. The Hall–Kier alpha value is -1.81. The molecular formula is C11H18FN6O4P. The van der Waals surface area contributed by atoms with Crippen molar-refractivity contribution >= 4 is 30.5 Å². The maximum atomic E-state index is 13.0. The Kier molecular flexibility index (Phi) is 5.15. The third-order valence-corrected chi connectivity index (χ3v) is 3.42. The van der Waals surface area contributed by atoms with Crippen LogP contribution in [0.1, 0.15) is 0 Å². The number of hydrogen-bond acceptors (Lipinski definition) is 7. The number of alkyl halides is 1. The van der Waals surface area contributed by atoms with Gasteiger partial charge in [0.1, 0.15) is 19.1 Å². The van der Waals surface area contributed by atoms with Crippen LogP contribution in [0.15, 0.2) is 6.33 Å². The Balaban J connectivity index is 2.27. The van der Waals surface area contributed by atoms with Crippen LogP contribution in [0.2, 0.25) is 0 Å². The van der Waals surface area contributed by atoms with Gasteiger partial charge in [-0.3, -0.25) is 4.57 Å². The van der Waals surface area contributed by atoms with Crippen LogP contribution >= 0.6 is 7.60 Å². The van der Waals surface area contributed by atoms with E-state index in [1.807, 2.05) is 0 Å². The Morgan fingerprint density at radius 1 is 1.48 bits per heavy atom. The number of ether oxygens (including phenoxy) is 1. The number of fused-ring (bicyclic) bond motifs is 1. The molecule has 0 bridgehead atoms. The van der Waals surface area contributed by atoms with Crippen LogP contribution in [-0.4, -0.2) is 62.5 Å². The van der Waals surface area contributed by atoms with Gasteiger partial charge in [-0.2, -0.15) is 9.97 Å². The number of aromatic nitrogens is 4. The van der Waals surface area contributed by atoms with Crippen molar-refractivity contribution in [2.45, 2.75) is 12.6 Å². The van der Waals surface area contributed by atoms with E-state index in [4.69, 9.17) is 20.3 Å². The fraction of sp³-hybridized carbons (Fsp3) is 0.545. The minimum Gasteiger partial charge on any atom is -0.368 e. The van der Waals surface area contributed by atoms with Gasteiger partial charge in [-0.25, -0.2) is 9.37 Å². The first-order valence-corrected chi connectivity index (χ1v) is 8.39. The van der Waals surface area contributed by atoms with Gasteiger partial charge in [0.25, 0.3) is 0 Å². The molecular weight excluding hydrogens is 330 g/mol. The number of nitrogen functional groups attached to an aromatic ring is 1.